The minimum absolute atomic E-state index is 0.0212. The molecule has 1 saturated heterocycles. The van der Waals surface area contributed by atoms with Gasteiger partial charge in [0.1, 0.15) is 11.4 Å². The number of carbonyl (C=O) groups excluding carboxylic acids is 3. The Hall–Kier alpha value is -4.34. The molecule has 1 fully saturated rings. The van der Waals surface area contributed by atoms with Crippen molar-refractivity contribution in [3.63, 3.8) is 0 Å². The number of fused-ring (bicyclic) bond motifs is 2. The van der Waals surface area contributed by atoms with Crippen LogP contribution in [-0.4, -0.2) is 93.8 Å². The maximum Gasteiger partial charge on any atom is 0.274 e. The number of rotatable bonds is 2. The van der Waals surface area contributed by atoms with Gasteiger partial charge in [-0.25, -0.2) is 4.98 Å². The highest BCUT2D eigenvalue weighted by Gasteiger charge is 2.38. The first kappa shape index (κ1) is 28.2. The summed E-state index contributed by atoms with van der Waals surface area (Å²) >= 11 is 0. The van der Waals surface area contributed by atoms with Crippen LogP contribution in [0.15, 0.2) is 67.4 Å². The van der Waals surface area contributed by atoms with Crippen molar-refractivity contribution < 1.29 is 19.1 Å². The van der Waals surface area contributed by atoms with Crippen LogP contribution in [0, 0.1) is 5.41 Å². The average Bonchev–Trinajstić information content (AvgIpc) is 3.02. The van der Waals surface area contributed by atoms with Crippen molar-refractivity contribution in [2.24, 2.45) is 5.41 Å². The van der Waals surface area contributed by atoms with Crippen LogP contribution in [0.1, 0.15) is 63.3 Å². The summed E-state index contributed by atoms with van der Waals surface area (Å²) in [5.41, 5.74) is 1.30. The number of amides is 3. The number of benzene rings is 1. The molecule has 4 heterocycles. The Morgan fingerprint density at radius 3 is 2.39 bits per heavy atom. The highest BCUT2D eigenvalue weighted by atomic mass is 16.5. The highest BCUT2D eigenvalue weighted by Crippen LogP contribution is 2.38. The predicted molar refractivity (Wildman–Crippen MR) is 152 cm³/mol. The van der Waals surface area contributed by atoms with Crippen LogP contribution >= 0.6 is 0 Å². The van der Waals surface area contributed by atoms with Crippen molar-refractivity contribution in [1.82, 2.24) is 29.7 Å². The molecule has 0 unspecified atom stereocenters. The zero-order valence-electron chi connectivity index (χ0n) is 23.4. The summed E-state index contributed by atoms with van der Waals surface area (Å²) in [5, 5.41) is 0. The number of hydrogen-bond donors (Lipinski definition) is 0. The number of likely N-dealkylation sites (tertiary alicyclic amines) is 1. The number of ether oxygens (including phenoxy) is 1. The van der Waals surface area contributed by atoms with E-state index in [0.717, 1.165) is 25.7 Å². The standard InChI is InChI=1S/C31H36N6O4/c1-35-23-31(10-17-37(18-11-31)29(39)25-7-3-12-32-21-25)9-4-15-36(30(40)27-22-33-13-14-34-27)16-5-19-41-26-8-2-6-24(20-26)28(35)38/h2-3,6-8,12-14,20-22H,4-5,9-11,15-19,23H2,1H3. The van der Waals surface area contributed by atoms with Gasteiger partial charge in [-0.15, -0.1) is 0 Å². The molecule has 0 atom stereocenters. The molecule has 0 aliphatic carbocycles. The lowest BCUT2D eigenvalue weighted by Crippen LogP contribution is -2.48. The zero-order chi connectivity index (χ0) is 28.7. The second kappa shape index (κ2) is 12.9. The highest BCUT2D eigenvalue weighted by molar-refractivity contribution is 5.95. The summed E-state index contributed by atoms with van der Waals surface area (Å²) in [7, 11) is 1.84. The summed E-state index contributed by atoms with van der Waals surface area (Å²) < 4.78 is 5.94. The predicted octanol–water partition coefficient (Wildman–Crippen LogP) is 3.57. The van der Waals surface area contributed by atoms with E-state index < -0.39 is 0 Å². The molecule has 2 aliphatic rings. The Balaban J connectivity index is 1.36. The second-order valence-electron chi connectivity index (χ2n) is 10.9. The van der Waals surface area contributed by atoms with E-state index in [1.807, 2.05) is 35.0 Å². The monoisotopic (exact) mass is 556 g/mol. The van der Waals surface area contributed by atoms with Gasteiger partial charge >= 0.3 is 0 Å². The smallest absolute Gasteiger partial charge is 0.274 e. The molecule has 10 nitrogen and oxygen atoms in total. The van der Waals surface area contributed by atoms with Gasteiger partial charge in [-0.2, -0.15) is 0 Å². The van der Waals surface area contributed by atoms with Crippen molar-refractivity contribution in [2.75, 3.05) is 46.4 Å². The third-order valence-corrected chi connectivity index (χ3v) is 8.07. The molecule has 1 spiro atoms. The molecule has 2 bridgehead atoms. The maximum atomic E-state index is 13.5. The Morgan fingerprint density at radius 1 is 0.854 bits per heavy atom. The lowest BCUT2D eigenvalue weighted by atomic mass is 9.74. The molecule has 1 aromatic carbocycles. The topological polar surface area (TPSA) is 109 Å². The van der Waals surface area contributed by atoms with Crippen molar-refractivity contribution in [2.45, 2.75) is 32.1 Å². The summed E-state index contributed by atoms with van der Waals surface area (Å²) in [5.74, 6) is 0.399. The largest absolute Gasteiger partial charge is 0.494 e. The Morgan fingerprint density at radius 2 is 1.63 bits per heavy atom. The number of carbonyl (C=O) groups is 3. The van der Waals surface area contributed by atoms with Gasteiger partial charge in [-0.3, -0.25) is 24.4 Å². The van der Waals surface area contributed by atoms with Gasteiger partial charge < -0.3 is 19.4 Å². The molecular weight excluding hydrogens is 520 g/mol. The van der Waals surface area contributed by atoms with Gasteiger partial charge in [0.05, 0.1) is 18.4 Å². The number of hydrogen-bond acceptors (Lipinski definition) is 7. The van der Waals surface area contributed by atoms with Crippen molar-refractivity contribution in [3.05, 3.63) is 84.2 Å². The molecule has 0 saturated carbocycles. The van der Waals surface area contributed by atoms with Gasteiger partial charge in [0.2, 0.25) is 0 Å². The number of piperidine rings is 1. The fourth-order valence-corrected chi connectivity index (χ4v) is 5.83. The van der Waals surface area contributed by atoms with Crippen LogP contribution in [-0.2, 0) is 0 Å². The van der Waals surface area contributed by atoms with Gasteiger partial charge in [-0.1, -0.05) is 6.07 Å². The zero-order valence-corrected chi connectivity index (χ0v) is 23.4. The fourth-order valence-electron chi connectivity index (χ4n) is 5.83. The quantitative estimate of drug-likeness (QED) is 0.475. The number of aromatic nitrogens is 3. The van der Waals surface area contributed by atoms with Crippen LogP contribution in [0.4, 0.5) is 0 Å². The Bertz CT molecular complexity index is 1340. The van der Waals surface area contributed by atoms with Crippen LogP contribution in [0.3, 0.4) is 0 Å². The van der Waals surface area contributed by atoms with Crippen molar-refractivity contribution in [1.29, 1.82) is 0 Å². The lowest BCUT2D eigenvalue weighted by Gasteiger charge is -2.44. The molecule has 2 aliphatic heterocycles. The normalized spacial score (nSPS) is 18.3. The first-order valence-electron chi connectivity index (χ1n) is 14.2. The van der Waals surface area contributed by atoms with E-state index in [1.165, 1.54) is 12.4 Å². The third kappa shape index (κ3) is 6.87. The summed E-state index contributed by atoms with van der Waals surface area (Å²) in [6, 6.07) is 10.8. The third-order valence-electron chi connectivity index (χ3n) is 8.07. The first-order chi connectivity index (χ1) is 19.9. The maximum absolute atomic E-state index is 13.5. The van der Waals surface area contributed by atoms with E-state index in [1.54, 1.807) is 41.7 Å². The summed E-state index contributed by atoms with van der Waals surface area (Å²) in [4.78, 5) is 57.8. The first-order valence-corrected chi connectivity index (χ1v) is 14.2. The van der Waals surface area contributed by atoms with Gasteiger partial charge in [0.15, 0.2) is 0 Å². The van der Waals surface area contributed by atoms with E-state index in [2.05, 4.69) is 15.0 Å². The minimum atomic E-state index is -0.189. The average molecular weight is 557 g/mol. The fraction of sp³-hybridized carbons (Fsp3) is 0.419. The molecule has 5 rings (SSSR count). The summed E-state index contributed by atoms with van der Waals surface area (Å²) in [6.07, 6.45) is 11.6. The van der Waals surface area contributed by atoms with Crippen LogP contribution in [0.25, 0.3) is 0 Å². The van der Waals surface area contributed by atoms with Gasteiger partial charge in [-0.05, 0) is 67.9 Å². The van der Waals surface area contributed by atoms with Crippen LogP contribution in [0.2, 0.25) is 0 Å². The van der Waals surface area contributed by atoms with E-state index in [9.17, 15) is 14.4 Å². The van der Waals surface area contributed by atoms with E-state index in [0.29, 0.717) is 68.3 Å². The van der Waals surface area contributed by atoms with Crippen LogP contribution < -0.4 is 4.74 Å². The Kier molecular flexibility index (Phi) is 8.86. The molecule has 10 heteroatoms. The molecule has 3 amide bonds. The molecule has 3 aromatic rings. The van der Waals surface area contributed by atoms with Crippen LogP contribution in [0.5, 0.6) is 5.75 Å². The lowest BCUT2D eigenvalue weighted by molar-refractivity contribution is 0.0384. The molecule has 2 aromatic heterocycles. The SMILES string of the molecule is CN1CC2(CCCN(C(=O)c3cnccn3)CCCOc3cccc(c3)C1=O)CCN(C(=O)c1cccnc1)CC2. The molecule has 0 radical (unpaired) electrons. The molecule has 41 heavy (non-hydrogen) atoms. The van der Waals surface area contributed by atoms with Crippen molar-refractivity contribution >= 4 is 17.7 Å². The molecule has 0 N–H and O–H groups in total. The van der Waals surface area contributed by atoms with Gasteiger partial charge in [0, 0.05) is 70.1 Å². The van der Waals surface area contributed by atoms with E-state index in [4.69, 9.17) is 4.74 Å². The minimum Gasteiger partial charge on any atom is -0.494 e. The molecular formula is C31H36N6O4. The van der Waals surface area contributed by atoms with E-state index in [-0.39, 0.29) is 23.1 Å². The number of nitrogens with zero attached hydrogens (tertiary/aromatic N) is 6. The van der Waals surface area contributed by atoms with E-state index >= 15 is 0 Å². The molecule has 214 valence electrons. The van der Waals surface area contributed by atoms with Crippen molar-refractivity contribution in [3.8, 4) is 5.75 Å². The Labute approximate surface area is 240 Å². The number of pyridine rings is 1. The second-order valence-corrected chi connectivity index (χ2v) is 10.9. The van der Waals surface area contributed by atoms with Gasteiger partial charge in [0.25, 0.3) is 17.7 Å². The summed E-state index contributed by atoms with van der Waals surface area (Å²) in [6.45, 7) is 3.25.